The maximum Gasteiger partial charge on any atom is 0.150 e. The van der Waals surface area contributed by atoms with Gasteiger partial charge in [0.1, 0.15) is 11.4 Å². The maximum atomic E-state index is 10.9. The van der Waals surface area contributed by atoms with E-state index in [2.05, 4.69) is 10.5 Å². The van der Waals surface area contributed by atoms with E-state index in [0.717, 1.165) is 11.3 Å². The molecule has 0 aliphatic rings. The fourth-order valence-electron chi connectivity index (χ4n) is 2.27. The topological polar surface area (TPSA) is 50.7 Å². The van der Waals surface area contributed by atoms with Crippen molar-refractivity contribution in [3.8, 4) is 11.5 Å². The van der Waals surface area contributed by atoms with Crippen molar-refractivity contribution in [3.63, 3.8) is 0 Å². The van der Waals surface area contributed by atoms with Crippen LogP contribution in [0.4, 0.5) is 11.4 Å². The lowest BCUT2D eigenvalue weighted by Crippen LogP contribution is -2.01. The second-order valence-electron chi connectivity index (χ2n) is 5.13. The third-order valence-electron chi connectivity index (χ3n) is 3.49. The number of anilines is 1. The molecule has 0 aliphatic heterocycles. The van der Waals surface area contributed by atoms with Gasteiger partial charge in [-0.25, -0.2) is 0 Å². The smallest absolute Gasteiger partial charge is 0.150 e. The van der Waals surface area contributed by atoms with Gasteiger partial charge in [0.25, 0.3) is 0 Å². The fraction of sp³-hybridized carbons (Fsp3) is 0.0526. The average molecular weight is 339 g/mol. The van der Waals surface area contributed by atoms with Crippen LogP contribution in [0.25, 0.3) is 0 Å². The summed E-state index contributed by atoms with van der Waals surface area (Å²) in [5.41, 5.74) is 2.09. The van der Waals surface area contributed by atoms with Crippen molar-refractivity contribution in [1.29, 1.82) is 0 Å². The van der Waals surface area contributed by atoms with E-state index < -0.39 is 0 Å². The molecule has 0 spiro atoms. The highest BCUT2D eigenvalue weighted by atomic mass is 35.5. The predicted molar refractivity (Wildman–Crippen MR) is 97.2 cm³/mol. The Morgan fingerprint density at radius 1 is 0.917 bits per heavy atom. The summed E-state index contributed by atoms with van der Waals surface area (Å²) >= 11 is 5.89. The Labute approximate surface area is 145 Å². The summed E-state index contributed by atoms with van der Waals surface area (Å²) in [6, 6.07) is 22.0. The van der Waals surface area contributed by atoms with E-state index in [4.69, 9.17) is 16.3 Å². The van der Waals surface area contributed by atoms with E-state index in [1.54, 1.807) is 24.3 Å². The Morgan fingerprint density at radius 3 is 2.42 bits per heavy atom. The molecule has 3 aromatic rings. The molecule has 0 atom stereocenters. The summed E-state index contributed by atoms with van der Waals surface area (Å²) < 4.78 is 5.90. The van der Waals surface area contributed by atoms with Crippen LogP contribution in [0.1, 0.15) is 5.56 Å². The number of hydrogen-bond donors (Lipinski definition) is 1. The van der Waals surface area contributed by atoms with Crippen LogP contribution in [-0.4, -0.2) is 0 Å². The van der Waals surface area contributed by atoms with Crippen molar-refractivity contribution in [1.82, 2.24) is 0 Å². The second-order valence-corrected chi connectivity index (χ2v) is 5.56. The number of halogens is 1. The van der Waals surface area contributed by atoms with Crippen molar-refractivity contribution in [2.45, 2.75) is 6.54 Å². The van der Waals surface area contributed by atoms with E-state index in [1.165, 1.54) is 0 Å². The summed E-state index contributed by atoms with van der Waals surface area (Å²) in [4.78, 5) is 10.9. The highest BCUT2D eigenvalue weighted by Gasteiger charge is 2.06. The summed E-state index contributed by atoms with van der Waals surface area (Å²) in [7, 11) is 0. The van der Waals surface area contributed by atoms with Crippen LogP contribution in [0.15, 0.2) is 78.0 Å². The van der Waals surface area contributed by atoms with Crippen molar-refractivity contribution in [2.24, 2.45) is 5.18 Å². The van der Waals surface area contributed by atoms with Gasteiger partial charge in [-0.05, 0) is 47.6 Å². The molecule has 0 unspecified atom stereocenters. The van der Waals surface area contributed by atoms with Gasteiger partial charge in [0.2, 0.25) is 0 Å². The van der Waals surface area contributed by atoms with Crippen LogP contribution in [-0.2, 0) is 6.54 Å². The Bertz CT molecular complexity index is 835. The Balaban J connectivity index is 1.76. The van der Waals surface area contributed by atoms with Gasteiger partial charge in [0.15, 0.2) is 5.75 Å². The number of nitrogens with zero attached hydrogens (tertiary/aromatic N) is 1. The Morgan fingerprint density at radius 2 is 1.62 bits per heavy atom. The monoisotopic (exact) mass is 338 g/mol. The van der Waals surface area contributed by atoms with Crippen molar-refractivity contribution < 1.29 is 4.74 Å². The highest BCUT2D eigenvalue weighted by Crippen LogP contribution is 2.30. The van der Waals surface area contributed by atoms with Gasteiger partial charge in [-0.3, -0.25) is 0 Å². The molecule has 0 radical (unpaired) electrons. The van der Waals surface area contributed by atoms with Crippen LogP contribution in [0.2, 0.25) is 5.02 Å². The minimum atomic E-state index is 0.432. The van der Waals surface area contributed by atoms with E-state index in [1.807, 2.05) is 48.5 Å². The Hall–Kier alpha value is -2.85. The molecule has 0 saturated carbocycles. The average Bonchev–Trinajstić information content (AvgIpc) is 2.63. The summed E-state index contributed by atoms with van der Waals surface area (Å²) in [5.74, 6) is 1.39. The van der Waals surface area contributed by atoms with Gasteiger partial charge in [-0.2, -0.15) is 0 Å². The minimum absolute atomic E-state index is 0.432. The molecule has 0 aromatic heterocycles. The van der Waals surface area contributed by atoms with Crippen LogP contribution in [0.5, 0.6) is 11.5 Å². The normalized spacial score (nSPS) is 10.2. The van der Waals surface area contributed by atoms with Gasteiger partial charge >= 0.3 is 0 Å². The minimum Gasteiger partial charge on any atom is -0.455 e. The number of benzene rings is 3. The molecule has 0 bridgehead atoms. The summed E-state index contributed by atoms with van der Waals surface area (Å²) in [5, 5.41) is 6.99. The molecule has 4 nitrogen and oxygen atoms in total. The van der Waals surface area contributed by atoms with Crippen LogP contribution in [0, 0.1) is 4.91 Å². The first-order valence-corrected chi connectivity index (χ1v) is 7.81. The fourth-order valence-corrected chi connectivity index (χ4v) is 2.40. The first kappa shape index (κ1) is 16.0. The highest BCUT2D eigenvalue weighted by molar-refractivity contribution is 6.30. The zero-order valence-corrected chi connectivity index (χ0v) is 13.5. The van der Waals surface area contributed by atoms with Gasteiger partial charge in [-0.15, -0.1) is 4.91 Å². The number of hydrogen-bond acceptors (Lipinski definition) is 4. The first-order valence-electron chi connectivity index (χ1n) is 7.44. The molecule has 5 heteroatoms. The van der Waals surface area contributed by atoms with Crippen molar-refractivity contribution in [2.75, 3.05) is 5.32 Å². The Kier molecular flexibility index (Phi) is 5.08. The van der Waals surface area contributed by atoms with Gasteiger partial charge in [0, 0.05) is 17.1 Å². The number of nitroso groups, excluding NO2 is 1. The molecule has 3 aromatic carbocycles. The number of para-hydroxylation sites is 2. The molecule has 24 heavy (non-hydrogen) atoms. The lowest BCUT2D eigenvalue weighted by atomic mass is 10.2. The third-order valence-corrected chi connectivity index (χ3v) is 3.74. The molecular formula is C19H15ClN2O2. The van der Waals surface area contributed by atoms with Gasteiger partial charge in [0.05, 0.1) is 5.69 Å². The predicted octanol–water partition coefficient (Wildman–Crippen LogP) is 6.14. The lowest BCUT2D eigenvalue weighted by molar-refractivity contribution is 0.484. The molecule has 0 heterocycles. The van der Waals surface area contributed by atoms with E-state index in [0.29, 0.717) is 28.8 Å². The number of nitrogens with one attached hydrogen (secondary N) is 1. The SMILES string of the molecule is O=Nc1ccccc1CNc1ccccc1Oc1ccc(Cl)cc1. The van der Waals surface area contributed by atoms with Crippen LogP contribution in [0.3, 0.4) is 0 Å². The molecule has 120 valence electrons. The second kappa shape index (κ2) is 7.62. The zero-order valence-electron chi connectivity index (χ0n) is 12.8. The molecule has 0 amide bonds. The zero-order chi connectivity index (χ0) is 16.8. The standard InChI is InChI=1S/C19H15ClN2O2/c20-15-9-11-16(12-10-15)24-19-8-4-3-7-18(19)21-13-14-5-1-2-6-17(14)22-23/h1-12,21H,13H2. The maximum absolute atomic E-state index is 10.9. The summed E-state index contributed by atoms with van der Waals surface area (Å²) in [6.07, 6.45) is 0. The molecule has 3 rings (SSSR count). The molecule has 0 fully saturated rings. The van der Waals surface area contributed by atoms with Crippen LogP contribution >= 0.6 is 11.6 Å². The van der Waals surface area contributed by atoms with Crippen molar-refractivity contribution in [3.05, 3.63) is 88.3 Å². The summed E-state index contributed by atoms with van der Waals surface area (Å²) in [6.45, 7) is 0.475. The molecule has 0 saturated heterocycles. The van der Waals surface area contributed by atoms with Crippen molar-refractivity contribution >= 4 is 23.0 Å². The van der Waals surface area contributed by atoms with E-state index in [-0.39, 0.29) is 0 Å². The number of rotatable bonds is 6. The third kappa shape index (κ3) is 3.91. The lowest BCUT2D eigenvalue weighted by Gasteiger charge is -2.13. The largest absolute Gasteiger partial charge is 0.455 e. The first-order chi connectivity index (χ1) is 11.8. The van der Waals surface area contributed by atoms with Gasteiger partial charge in [-0.1, -0.05) is 41.9 Å². The molecule has 0 aliphatic carbocycles. The molecular weight excluding hydrogens is 324 g/mol. The number of ether oxygens (including phenoxy) is 1. The van der Waals surface area contributed by atoms with Crippen LogP contribution < -0.4 is 10.1 Å². The van der Waals surface area contributed by atoms with E-state index in [9.17, 15) is 4.91 Å². The quantitative estimate of drug-likeness (QED) is 0.549. The molecule has 1 N–H and O–H groups in total. The van der Waals surface area contributed by atoms with E-state index >= 15 is 0 Å². The van der Waals surface area contributed by atoms with Gasteiger partial charge < -0.3 is 10.1 Å².